The Morgan fingerprint density at radius 2 is 1.29 bits per heavy atom. The summed E-state index contributed by atoms with van der Waals surface area (Å²) < 4.78 is 0. The van der Waals surface area contributed by atoms with Crippen LogP contribution in [0.3, 0.4) is 0 Å². The molecule has 21 heavy (non-hydrogen) atoms. The summed E-state index contributed by atoms with van der Waals surface area (Å²) in [7, 11) is 0. The smallest absolute Gasteiger partial charge is 0.219 e. The van der Waals surface area contributed by atoms with E-state index in [0.717, 1.165) is 38.8 Å². The third kappa shape index (κ3) is 24.4. The molecule has 0 spiro atoms. The summed E-state index contributed by atoms with van der Waals surface area (Å²) in [6.45, 7) is 9.57. The van der Waals surface area contributed by atoms with Crippen molar-refractivity contribution in [1.29, 1.82) is 0 Å². The second-order valence-corrected chi connectivity index (χ2v) is 5.35. The average molecular weight is 300 g/mol. The molecule has 0 rings (SSSR count). The van der Waals surface area contributed by atoms with Gasteiger partial charge in [0.05, 0.1) is 0 Å². The first-order chi connectivity index (χ1) is 10.1. The van der Waals surface area contributed by atoms with E-state index in [1.54, 1.807) is 0 Å². The summed E-state index contributed by atoms with van der Waals surface area (Å²) in [4.78, 5) is 21.2. The number of hydrogen-bond donors (Lipinski definition) is 2. The molecule has 0 heterocycles. The highest BCUT2D eigenvalue weighted by Crippen LogP contribution is 2.01. The van der Waals surface area contributed by atoms with E-state index in [-0.39, 0.29) is 11.8 Å². The predicted octanol–water partition coefficient (Wildman–Crippen LogP) is 3.80. The fourth-order valence-electron chi connectivity index (χ4n) is 1.71. The molecule has 0 aromatic heterocycles. The van der Waals surface area contributed by atoms with Crippen molar-refractivity contribution in [3.8, 4) is 0 Å². The van der Waals surface area contributed by atoms with Gasteiger partial charge in [0.25, 0.3) is 0 Å². The van der Waals surface area contributed by atoms with E-state index in [1.807, 2.05) is 6.92 Å². The van der Waals surface area contributed by atoms with Crippen molar-refractivity contribution >= 4 is 11.8 Å². The van der Waals surface area contributed by atoms with Crippen molar-refractivity contribution in [1.82, 2.24) is 10.6 Å². The van der Waals surface area contributed by atoms with E-state index < -0.39 is 0 Å². The summed E-state index contributed by atoms with van der Waals surface area (Å²) in [6, 6.07) is 0. The van der Waals surface area contributed by atoms with Crippen molar-refractivity contribution < 1.29 is 9.59 Å². The normalized spacial score (nSPS) is 9.52. The van der Waals surface area contributed by atoms with Crippen LogP contribution in [0.1, 0.15) is 85.5 Å². The number of carbonyl (C=O) groups excluding carboxylic acids is 2. The average Bonchev–Trinajstić information content (AvgIpc) is 2.44. The van der Waals surface area contributed by atoms with E-state index in [4.69, 9.17) is 0 Å². The molecular weight excluding hydrogens is 264 g/mol. The van der Waals surface area contributed by atoms with E-state index in [1.165, 1.54) is 32.6 Å². The number of rotatable bonds is 11. The molecule has 0 saturated heterocycles. The lowest BCUT2D eigenvalue weighted by Gasteiger charge is -2.03. The molecule has 0 fully saturated rings. The van der Waals surface area contributed by atoms with Crippen LogP contribution in [0, 0.1) is 0 Å². The molecule has 0 aromatic carbocycles. The van der Waals surface area contributed by atoms with Gasteiger partial charge in [-0.15, -0.1) is 0 Å². The van der Waals surface area contributed by atoms with Crippen LogP contribution < -0.4 is 10.6 Å². The van der Waals surface area contributed by atoms with Crippen LogP contribution in [0.5, 0.6) is 0 Å². The monoisotopic (exact) mass is 300 g/mol. The minimum atomic E-state index is 0.0680. The van der Waals surface area contributed by atoms with Gasteiger partial charge in [0, 0.05) is 26.4 Å². The lowest BCUT2D eigenvalue weighted by Crippen LogP contribution is -2.23. The Morgan fingerprint density at radius 3 is 1.81 bits per heavy atom. The molecule has 2 N–H and O–H groups in total. The van der Waals surface area contributed by atoms with E-state index >= 15 is 0 Å². The van der Waals surface area contributed by atoms with Gasteiger partial charge in [-0.25, -0.2) is 0 Å². The molecular formula is C17H36N2O2. The second kappa shape index (κ2) is 18.9. The Labute approximate surface area is 131 Å². The van der Waals surface area contributed by atoms with Gasteiger partial charge in [-0.2, -0.15) is 0 Å². The van der Waals surface area contributed by atoms with Gasteiger partial charge < -0.3 is 10.6 Å². The van der Waals surface area contributed by atoms with Crippen LogP contribution in [0.2, 0.25) is 0 Å². The van der Waals surface area contributed by atoms with Crippen molar-refractivity contribution in [3.05, 3.63) is 0 Å². The largest absolute Gasteiger partial charge is 0.356 e. The third-order valence-corrected chi connectivity index (χ3v) is 2.98. The highest BCUT2D eigenvalue weighted by Gasteiger charge is 1.96. The predicted molar refractivity (Wildman–Crippen MR) is 90.3 cm³/mol. The molecule has 2 amide bonds. The lowest BCUT2D eigenvalue weighted by molar-refractivity contribution is -0.121. The van der Waals surface area contributed by atoms with Gasteiger partial charge in [-0.05, 0) is 19.3 Å². The molecule has 0 atom stereocenters. The van der Waals surface area contributed by atoms with Gasteiger partial charge >= 0.3 is 0 Å². The third-order valence-electron chi connectivity index (χ3n) is 2.98. The number of hydrogen-bond acceptors (Lipinski definition) is 2. The minimum absolute atomic E-state index is 0.0680. The first-order valence-electron chi connectivity index (χ1n) is 8.59. The Hall–Kier alpha value is -1.06. The standard InChI is InChI=1S/C11H23NO.C6H13NO/c1-3-5-6-7-8-10-12-11(13)9-4-2;1-3-4-5-7-6(2)8/h3-10H2,1-2H3,(H,12,13);3-5H2,1-2H3,(H,7,8). The maximum atomic E-state index is 11.0. The quantitative estimate of drug-likeness (QED) is 0.570. The van der Waals surface area contributed by atoms with Gasteiger partial charge in [0.15, 0.2) is 0 Å². The van der Waals surface area contributed by atoms with Crippen LogP contribution in [0.15, 0.2) is 0 Å². The summed E-state index contributed by atoms with van der Waals surface area (Å²) in [5, 5.41) is 5.63. The van der Waals surface area contributed by atoms with Crippen molar-refractivity contribution in [2.24, 2.45) is 0 Å². The fraction of sp³-hybridized carbons (Fsp3) is 0.882. The number of unbranched alkanes of at least 4 members (excludes halogenated alkanes) is 5. The van der Waals surface area contributed by atoms with Gasteiger partial charge in [0.1, 0.15) is 0 Å². The number of carbonyl (C=O) groups is 2. The zero-order valence-corrected chi connectivity index (χ0v) is 14.6. The van der Waals surface area contributed by atoms with Crippen molar-refractivity contribution in [2.45, 2.75) is 85.5 Å². The van der Waals surface area contributed by atoms with Crippen LogP contribution >= 0.6 is 0 Å². The van der Waals surface area contributed by atoms with Gasteiger partial charge in [-0.1, -0.05) is 52.9 Å². The maximum absolute atomic E-state index is 11.0. The van der Waals surface area contributed by atoms with E-state index in [9.17, 15) is 9.59 Å². The summed E-state index contributed by atoms with van der Waals surface area (Å²) in [5.41, 5.74) is 0. The van der Waals surface area contributed by atoms with Gasteiger partial charge in [-0.3, -0.25) is 9.59 Å². The molecule has 0 unspecified atom stereocenters. The van der Waals surface area contributed by atoms with Crippen molar-refractivity contribution in [2.75, 3.05) is 13.1 Å². The molecule has 0 aliphatic carbocycles. The Morgan fingerprint density at radius 1 is 0.714 bits per heavy atom. The topological polar surface area (TPSA) is 58.2 Å². The fourth-order valence-corrected chi connectivity index (χ4v) is 1.71. The van der Waals surface area contributed by atoms with E-state index in [0.29, 0.717) is 6.42 Å². The lowest BCUT2D eigenvalue weighted by atomic mass is 10.1. The van der Waals surface area contributed by atoms with Gasteiger partial charge in [0.2, 0.25) is 11.8 Å². The molecule has 0 aliphatic heterocycles. The SMILES string of the molecule is CCCCCCCNC(=O)CCC.CCCCNC(C)=O. The molecule has 0 aromatic rings. The van der Waals surface area contributed by atoms with Crippen LogP contribution in [0.25, 0.3) is 0 Å². The molecule has 4 heteroatoms. The number of nitrogens with one attached hydrogen (secondary N) is 2. The molecule has 126 valence electrons. The second-order valence-electron chi connectivity index (χ2n) is 5.35. The summed E-state index contributed by atoms with van der Waals surface area (Å²) in [6.07, 6.45) is 10.1. The summed E-state index contributed by atoms with van der Waals surface area (Å²) in [5.74, 6) is 0.274. The molecule has 0 radical (unpaired) electrons. The molecule has 0 aliphatic rings. The molecule has 0 bridgehead atoms. The van der Waals surface area contributed by atoms with Crippen LogP contribution in [-0.2, 0) is 9.59 Å². The first-order valence-corrected chi connectivity index (χ1v) is 8.59. The number of amides is 2. The zero-order chi connectivity index (χ0) is 16.3. The zero-order valence-electron chi connectivity index (χ0n) is 14.6. The molecule has 0 saturated carbocycles. The molecule has 4 nitrogen and oxygen atoms in total. The van der Waals surface area contributed by atoms with Crippen molar-refractivity contribution in [3.63, 3.8) is 0 Å². The Balaban J connectivity index is 0. The minimum Gasteiger partial charge on any atom is -0.356 e. The van der Waals surface area contributed by atoms with Crippen LogP contribution in [-0.4, -0.2) is 24.9 Å². The summed E-state index contributed by atoms with van der Waals surface area (Å²) >= 11 is 0. The first kappa shape index (κ1) is 22.2. The van der Waals surface area contributed by atoms with E-state index in [2.05, 4.69) is 24.5 Å². The highest BCUT2D eigenvalue weighted by atomic mass is 16.2. The van der Waals surface area contributed by atoms with Crippen LogP contribution in [0.4, 0.5) is 0 Å². The Kier molecular flexibility index (Phi) is 20.0. The highest BCUT2D eigenvalue weighted by molar-refractivity contribution is 5.75. The maximum Gasteiger partial charge on any atom is 0.219 e. The Bertz CT molecular complexity index is 243.